The van der Waals surface area contributed by atoms with Gasteiger partial charge in [-0.2, -0.15) is 0 Å². The molecule has 3 amide bonds. The van der Waals surface area contributed by atoms with Gasteiger partial charge in [-0.3, -0.25) is 14.4 Å². The van der Waals surface area contributed by atoms with Crippen LogP contribution in [-0.2, 0) is 9.59 Å². The van der Waals surface area contributed by atoms with Crippen LogP contribution in [0.2, 0.25) is 0 Å². The normalized spacial score (nSPS) is 30.5. The van der Waals surface area contributed by atoms with Crippen LogP contribution in [-0.4, -0.2) is 32.3 Å². The summed E-state index contributed by atoms with van der Waals surface area (Å²) in [6, 6.07) is 5.09. The van der Waals surface area contributed by atoms with Crippen LogP contribution < -0.4 is 0 Å². The Balaban J connectivity index is 1.97. The fraction of sp³-hybridized carbons (Fsp3) is 0.400. The van der Waals surface area contributed by atoms with E-state index < -0.39 is 23.7 Å². The Morgan fingerprint density at radius 1 is 1.09 bits per heavy atom. The molecule has 23 heavy (non-hydrogen) atoms. The lowest BCUT2D eigenvalue weighted by Gasteiger charge is -2.30. The van der Waals surface area contributed by atoms with Crippen molar-refractivity contribution < 1.29 is 14.4 Å². The van der Waals surface area contributed by atoms with Gasteiger partial charge in [0.2, 0.25) is 11.8 Å². The van der Waals surface area contributed by atoms with E-state index >= 15 is 0 Å². The van der Waals surface area contributed by atoms with Gasteiger partial charge in [-0.05, 0) is 47.0 Å². The summed E-state index contributed by atoms with van der Waals surface area (Å²) in [4.78, 5) is 38.9. The third-order valence-corrected chi connectivity index (χ3v) is 8.41. The van der Waals surface area contributed by atoms with Crippen molar-refractivity contribution in [1.29, 1.82) is 0 Å². The van der Waals surface area contributed by atoms with Gasteiger partial charge in [0.15, 0.2) is 0 Å². The Bertz CT molecular complexity index is 708. The topological polar surface area (TPSA) is 54.5 Å². The van der Waals surface area contributed by atoms with E-state index in [1.807, 2.05) is 0 Å². The van der Waals surface area contributed by atoms with E-state index in [1.54, 1.807) is 18.2 Å². The highest BCUT2D eigenvalue weighted by molar-refractivity contribution is 9.12. The minimum absolute atomic E-state index is 0.119. The van der Waals surface area contributed by atoms with Crippen molar-refractivity contribution in [2.75, 3.05) is 0 Å². The Hall–Kier alpha value is -0.0500. The number of benzene rings is 1. The van der Waals surface area contributed by atoms with Crippen molar-refractivity contribution in [2.24, 2.45) is 11.8 Å². The van der Waals surface area contributed by atoms with Crippen LogP contribution in [0.15, 0.2) is 27.1 Å². The van der Waals surface area contributed by atoms with E-state index in [0.717, 1.165) is 11.3 Å². The second-order valence-corrected chi connectivity index (χ2v) is 9.61. The third kappa shape index (κ3) is 3.00. The molecule has 2 aliphatic rings. The molecule has 2 fully saturated rings. The van der Waals surface area contributed by atoms with Gasteiger partial charge >= 0.3 is 0 Å². The van der Waals surface area contributed by atoms with E-state index in [9.17, 15) is 14.4 Å². The highest BCUT2D eigenvalue weighted by atomic mass is 79.9. The Labute approximate surface area is 166 Å². The Kier molecular flexibility index (Phi) is 5.17. The second kappa shape index (κ2) is 6.69. The molecule has 0 bridgehead atoms. The molecule has 1 aliphatic carbocycles. The summed E-state index contributed by atoms with van der Waals surface area (Å²) < 4.78 is 1.26. The molecule has 0 aromatic heterocycles. The van der Waals surface area contributed by atoms with Crippen molar-refractivity contribution in [1.82, 2.24) is 4.90 Å². The van der Waals surface area contributed by atoms with Gasteiger partial charge in [0.05, 0.1) is 17.4 Å². The molecule has 1 aromatic carbocycles. The lowest BCUT2D eigenvalue weighted by atomic mass is 9.81. The fourth-order valence-electron chi connectivity index (χ4n) is 3.12. The molecule has 0 spiro atoms. The molecule has 3 rings (SSSR count). The SMILES string of the molecule is O=C(c1cc(Br)ccc1Br)N1C(=O)C2CCC(Br)C(Br)C2C1=O. The number of imide groups is 3. The highest BCUT2D eigenvalue weighted by Crippen LogP contribution is 2.44. The Morgan fingerprint density at radius 2 is 1.78 bits per heavy atom. The molecule has 1 saturated carbocycles. The average Bonchev–Trinajstić information content (AvgIpc) is 2.76. The maximum absolute atomic E-state index is 12.8. The van der Waals surface area contributed by atoms with Gasteiger partial charge in [0.25, 0.3) is 5.91 Å². The maximum Gasteiger partial charge on any atom is 0.268 e. The highest BCUT2D eigenvalue weighted by Gasteiger charge is 2.55. The molecule has 1 aromatic rings. The average molecular weight is 573 g/mol. The van der Waals surface area contributed by atoms with Crippen molar-refractivity contribution in [3.63, 3.8) is 0 Å². The Morgan fingerprint density at radius 3 is 2.48 bits per heavy atom. The molecule has 1 aliphatic heterocycles. The molecule has 4 unspecified atom stereocenters. The number of nitrogens with zero attached hydrogens (tertiary/aromatic N) is 1. The van der Waals surface area contributed by atoms with E-state index in [0.29, 0.717) is 20.9 Å². The summed E-state index contributed by atoms with van der Waals surface area (Å²) in [7, 11) is 0. The molecule has 8 heteroatoms. The van der Waals surface area contributed by atoms with E-state index in [2.05, 4.69) is 63.7 Å². The van der Waals surface area contributed by atoms with Crippen molar-refractivity contribution >= 4 is 81.4 Å². The molecule has 1 heterocycles. The molecule has 4 nitrogen and oxygen atoms in total. The number of amides is 3. The number of fused-ring (bicyclic) bond motifs is 1. The number of likely N-dealkylation sites (tertiary alicyclic amines) is 1. The number of rotatable bonds is 1. The molecular formula is C15H11Br4NO3. The van der Waals surface area contributed by atoms with Crippen molar-refractivity contribution in [3.05, 3.63) is 32.7 Å². The first-order valence-electron chi connectivity index (χ1n) is 6.98. The smallest absolute Gasteiger partial charge is 0.268 e. The minimum atomic E-state index is -0.576. The number of halogens is 4. The van der Waals surface area contributed by atoms with Crippen LogP contribution >= 0.6 is 63.7 Å². The van der Waals surface area contributed by atoms with Gasteiger partial charge in [-0.25, -0.2) is 4.90 Å². The quantitative estimate of drug-likeness (QED) is 0.373. The lowest BCUT2D eigenvalue weighted by Crippen LogP contribution is -2.39. The summed E-state index contributed by atoms with van der Waals surface area (Å²) in [5, 5.41) is 0. The molecule has 0 N–H and O–H groups in total. The largest absolute Gasteiger partial charge is 0.274 e. The monoisotopic (exact) mass is 569 g/mol. The van der Waals surface area contributed by atoms with Gasteiger partial charge < -0.3 is 0 Å². The third-order valence-electron chi connectivity index (χ3n) is 4.28. The van der Waals surface area contributed by atoms with Gasteiger partial charge in [-0.15, -0.1) is 0 Å². The predicted octanol–water partition coefficient (Wildman–Crippen LogP) is 4.27. The summed E-state index contributed by atoms with van der Waals surface area (Å²) >= 11 is 13.7. The van der Waals surface area contributed by atoms with E-state index in [1.165, 1.54) is 0 Å². The number of hydrogen-bond donors (Lipinski definition) is 0. The summed E-state index contributed by atoms with van der Waals surface area (Å²) in [6.45, 7) is 0. The van der Waals surface area contributed by atoms with Crippen LogP contribution in [0.1, 0.15) is 23.2 Å². The van der Waals surface area contributed by atoms with Crippen LogP contribution in [0, 0.1) is 11.8 Å². The molecule has 1 saturated heterocycles. The first-order valence-corrected chi connectivity index (χ1v) is 10.4. The molecule has 0 radical (unpaired) electrons. The van der Waals surface area contributed by atoms with E-state index in [4.69, 9.17) is 0 Å². The van der Waals surface area contributed by atoms with Gasteiger partial charge in [0, 0.05) is 18.6 Å². The minimum Gasteiger partial charge on any atom is -0.274 e. The molecular weight excluding hydrogens is 562 g/mol. The number of hydrogen-bond acceptors (Lipinski definition) is 3. The first kappa shape index (κ1) is 17.8. The van der Waals surface area contributed by atoms with Crippen LogP contribution in [0.25, 0.3) is 0 Å². The predicted molar refractivity (Wildman–Crippen MR) is 99.7 cm³/mol. The van der Waals surface area contributed by atoms with Gasteiger partial charge in [-0.1, -0.05) is 47.8 Å². The first-order chi connectivity index (χ1) is 10.8. The maximum atomic E-state index is 12.8. The number of alkyl halides is 2. The standard InChI is InChI=1S/C15H11Br4NO3/c16-6-1-3-9(17)8(5-6)14(22)20-13(21)7-2-4-10(18)12(19)11(7)15(20)23/h1,3,5,7,10-12H,2,4H2. The van der Waals surface area contributed by atoms with Gasteiger partial charge in [0.1, 0.15) is 0 Å². The summed E-state index contributed by atoms with van der Waals surface area (Å²) in [6.07, 6.45) is 1.40. The summed E-state index contributed by atoms with van der Waals surface area (Å²) in [5.74, 6) is -2.29. The molecule has 4 atom stereocenters. The fourth-order valence-corrected chi connectivity index (χ4v) is 5.34. The number of carbonyl (C=O) groups excluding carboxylic acids is 3. The van der Waals surface area contributed by atoms with Crippen LogP contribution in [0.3, 0.4) is 0 Å². The second-order valence-electron chi connectivity index (χ2n) is 5.61. The van der Waals surface area contributed by atoms with Crippen LogP contribution in [0.5, 0.6) is 0 Å². The van der Waals surface area contributed by atoms with Crippen LogP contribution in [0.4, 0.5) is 0 Å². The number of carbonyl (C=O) groups is 3. The lowest BCUT2D eigenvalue weighted by molar-refractivity contribution is -0.136. The van der Waals surface area contributed by atoms with E-state index in [-0.39, 0.29) is 15.6 Å². The molecule has 122 valence electrons. The zero-order valence-corrected chi connectivity index (χ0v) is 18.0. The zero-order chi connectivity index (χ0) is 16.9. The van der Waals surface area contributed by atoms with Crippen molar-refractivity contribution in [3.8, 4) is 0 Å². The summed E-state index contributed by atoms with van der Waals surface area (Å²) in [5.41, 5.74) is 0.293. The zero-order valence-electron chi connectivity index (χ0n) is 11.6. The van der Waals surface area contributed by atoms with Crippen molar-refractivity contribution in [2.45, 2.75) is 22.5 Å².